The Balaban J connectivity index is 2.10. The van der Waals surface area contributed by atoms with Crippen molar-refractivity contribution in [3.05, 3.63) is 53.5 Å². The van der Waals surface area contributed by atoms with Crippen molar-refractivity contribution in [1.82, 2.24) is 0 Å². The molecule has 0 spiro atoms. The Morgan fingerprint density at radius 3 is 2.35 bits per heavy atom. The second-order valence-corrected chi connectivity index (χ2v) is 5.53. The summed E-state index contributed by atoms with van der Waals surface area (Å²) in [5, 5.41) is 2.80. The van der Waals surface area contributed by atoms with E-state index in [0.29, 0.717) is 12.3 Å². The molecular formula is C16H20N2O2. The van der Waals surface area contributed by atoms with Crippen molar-refractivity contribution in [3.63, 3.8) is 0 Å². The molecule has 0 unspecified atom stereocenters. The highest BCUT2D eigenvalue weighted by molar-refractivity contribution is 6.02. The van der Waals surface area contributed by atoms with Crippen molar-refractivity contribution in [2.45, 2.75) is 26.2 Å². The maximum atomic E-state index is 11.9. The number of hydrogen-bond donors (Lipinski definition) is 2. The molecule has 0 bridgehead atoms. The molecule has 0 aliphatic rings. The number of hydrogen-bond acceptors (Lipinski definition) is 3. The van der Waals surface area contributed by atoms with E-state index in [1.165, 1.54) is 0 Å². The zero-order chi connectivity index (χ0) is 14.8. The molecule has 1 aromatic heterocycles. The quantitative estimate of drug-likeness (QED) is 0.898. The summed E-state index contributed by atoms with van der Waals surface area (Å²) < 4.78 is 5.28. The Morgan fingerprint density at radius 1 is 1.20 bits per heavy atom. The van der Waals surface area contributed by atoms with Crippen LogP contribution in [0.1, 0.15) is 35.7 Å². The fourth-order valence-corrected chi connectivity index (χ4v) is 1.87. The normalized spacial score (nSPS) is 11.4. The highest BCUT2D eigenvalue weighted by atomic mass is 16.3. The topological polar surface area (TPSA) is 68.3 Å². The predicted molar refractivity (Wildman–Crippen MR) is 79.9 cm³/mol. The van der Waals surface area contributed by atoms with Crippen LogP contribution in [0.4, 0.5) is 5.69 Å². The summed E-state index contributed by atoms with van der Waals surface area (Å²) in [4.78, 5) is 11.9. The molecule has 106 valence electrons. The Hall–Kier alpha value is -2.07. The van der Waals surface area contributed by atoms with E-state index >= 15 is 0 Å². The largest absolute Gasteiger partial charge is 0.456 e. The van der Waals surface area contributed by atoms with Crippen molar-refractivity contribution in [2.24, 2.45) is 5.73 Å². The molecular weight excluding hydrogens is 252 g/mol. The van der Waals surface area contributed by atoms with Gasteiger partial charge in [-0.3, -0.25) is 4.79 Å². The first-order chi connectivity index (χ1) is 9.42. The lowest BCUT2D eigenvalue weighted by molar-refractivity contribution is 0.0995. The second kappa shape index (κ2) is 5.51. The Bertz CT molecular complexity index is 597. The lowest BCUT2D eigenvalue weighted by Gasteiger charge is -2.23. The first kappa shape index (κ1) is 14.3. The minimum Gasteiger partial charge on any atom is -0.456 e. The van der Waals surface area contributed by atoms with Gasteiger partial charge >= 0.3 is 0 Å². The molecule has 1 aromatic carbocycles. The van der Waals surface area contributed by atoms with Crippen LogP contribution in [-0.2, 0) is 5.41 Å². The molecule has 0 radical (unpaired) electrons. The number of anilines is 1. The van der Waals surface area contributed by atoms with Crippen LogP contribution >= 0.6 is 0 Å². The molecule has 0 saturated heterocycles. The summed E-state index contributed by atoms with van der Waals surface area (Å²) in [6.45, 7) is 6.56. The molecule has 1 heterocycles. The van der Waals surface area contributed by atoms with Gasteiger partial charge < -0.3 is 15.5 Å². The average Bonchev–Trinajstić information content (AvgIpc) is 2.86. The van der Waals surface area contributed by atoms with Gasteiger partial charge in [-0.2, -0.15) is 0 Å². The van der Waals surface area contributed by atoms with Gasteiger partial charge in [-0.1, -0.05) is 26.0 Å². The molecule has 4 nitrogen and oxygen atoms in total. The van der Waals surface area contributed by atoms with Gasteiger partial charge in [-0.05, 0) is 36.8 Å². The van der Waals surface area contributed by atoms with Crippen LogP contribution in [0.2, 0.25) is 0 Å². The van der Waals surface area contributed by atoms with Gasteiger partial charge in [-0.15, -0.1) is 0 Å². The summed E-state index contributed by atoms with van der Waals surface area (Å²) in [5.74, 6) is 0.785. The van der Waals surface area contributed by atoms with Crippen LogP contribution in [0.5, 0.6) is 0 Å². The van der Waals surface area contributed by atoms with E-state index < -0.39 is 0 Å². The number of nitrogens with one attached hydrogen (secondary N) is 1. The first-order valence-electron chi connectivity index (χ1n) is 6.61. The van der Waals surface area contributed by atoms with E-state index in [1.807, 2.05) is 24.3 Å². The molecule has 1 amide bonds. The molecule has 2 aromatic rings. The number of carbonyl (C=O) groups is 1. The van der Waals surface area contributed by atoms with Crippen molar-refractivity contribution in [1.29, 1.82) is 0 Å². The van der Waals surface area contributed by atoms with E-state index in [1.54, 1.807) is 19.1 Å². The van der Waals surface area contributed by atoms with E-state index in [0.717, 1.165) is 17.0 Å². The molecule has 0 aliphatic carbocycles. The number of benzene rings is 1. The third-order valence-electron chi connectivity index (χ3n) is 3.40. The second-order valence-electron chi connectivity index (χ2n) is 5.53. The van der Waals surface area contributed by atoms with Crippen LogP contribution in [-0.4, -0.2) is 12.5 Å². The van der Waals surface area contributed by atoms with Gasteiger partial charge in [0.15, 0.2) is 5.76 Å². The van der Waals surface area contributed by atoms with E-state index in [2.05, 4.69) is 19.2 Å². The molecule has 0 atom stereocenters. The van der Waals surface area contributed by atoms with Crippen LogP contribution in [0.15, 0.2) is 40.8 Å². The Labute approximate surface area is 119 Å². The zero-order valence-electron chi connectivity index (χ0n) is 12.1. The van der Waals surface area contributed by atoms with Crippen LogP contribution in [0.3, 0.4) is 0 Å². The fourth-order valence-electron chi connectivity index (χ4n) is 1.87. The van der Waals surface area contributed by atoms with Crippen molar-refractivity contribution in [3.8, 4) is 0 Å². The monoisotopic (exact) mass is 272 g/mol. The van der Waals surface area contributed by atoms with Gasteiger partial charge in [0.25, 0.3) is 5.91 Å². The fraction of sp³-hybridized carbons (Fsp3) is 0.312. The summed E-state index contributed by atoms with van der Waals surface area (Å²) >= 11 is 0. The third kappa shape index (κ3) is 3.08. The zero-order valence-corrected chi connectivity index (χ0v) is 12.1. The number of carbonyl (C=O) groups excluding carboxylic acids is 1. The summed E-state index contributed by atoms with van der Waals surface area (Å²) in [7, 11) is 0. The maximum Gasteiger partial charge on any atom is 0.291 e. The highest BCUT2D eigenvalue weighted by Gasteiger charge is 2.18. The highest BCUT2D eigenvalue weighted by Crippen LogP contribution is 2.23. The minimum atomic E-state index is -0.246. The van der Waals surface area contributed by atoms with Crippen molar-refractivity contribution >= 4 is 11.6 Å². The van der Waals surface area contributed by atoms with Crippen LogP contribution < -0.4 is 11.1 Å². The number of aryl methyl sites for hydroxylation is 1. The molecule has 4 heteroatoms. The van der Waals surface area contributed by atoms with Crippen molar-refractivity contribution in [2.75, 3.05) is 11.9 Å². The standard InChI is InChI=1S/C16H20N2O2/c1-11-4-9-14(20-11)15(19)18-13-7-5-12(6-8-13)16(2,3)10-17/h4-9H,10,17H2,1-3H3,(H,18,19). The van der Waals surface area contributed by atoms with Gasteiger partial charge in [-0.25, -0.2) is 0 Å². The van der Waals surface area contributed by atoms with Crippen LogP contribution in [0.25, 0.3) is 0 Å². The third-order valence-corrected chi connectivity index (χ3v) is 3.40. The molecule has 0 saturated carbocycles. The number of rotatable bonds is 4. The van der Waals surface area contributed by atoms with Gasteiger partial charge in [0.2, 0.25) is 0 Å². The lowest BCUT2D eigenvalue weighted by Crippen LogP contribution is -2.27. The summed E-state index contributed by atoms with van der Waals surface area (Å²) in [6.07, 6.45) is 0. The van der Waals surface area contributed by atoms with Gasteiger partial charge in [0, 0.05) is 17.6 Å². The number of nitrogens with two attached hydrogens (primary N) is 1. The molecule has 0 aliphatic heterocycles. The number of amides is 1. The number of furan rings is 1. The van der Waals surface area contributed by atoms with Crippen molar-refractivity contribution < 1.29 is 9.21 Å². The predicted octanol–water partition coefficient (Wildman–Crippen LogP) is 3.08. The summed E-state index contributed by atoms with van der Waals surface area (Å²) in [5.41, 5.74) is 7.57. The maximum absolute atomic E-state index is 11.9. The summed E-state index contributed by atoms with van der Waals surface area (Å²) in [6, 6.07) is 11.1. The van der Waals surface area contributed by atoms with E-state index in [-0.39, 0.29) is 11.3 Å². The van der Waals surface area contributed by atoms with Gasteiger partial charge in [0.1, 0.15) is 5.76 Å². The minimum absolute atomic E-state index is 0.0688. The average molecular weight is 272 g/mol. The smallest absolute Gasteiger partial charge is 0.291 e. The van der Waals surface area contributed by atoms with E-state index in [9.17, 15) is 4.79 Å². The molecule has 2 rings (SSSR count). The molecule has 20 heavy (non-hydrogen) atoms. The van der Waals surface area contributed by atoms with Gasteiger partial charge in [0.05, 0.1) is 0 Å². The molecule has 3 N–H and O–H groups in total. The molecule has 0 fully saturated rings. The Morgan fingerprint density at radius 2 is 1.85 bits per heavy atom. The van der Waals surface area contributed by atoms with E-state index in [4.69, 9.17) is 10.2 Å². The SMILES string of the molecule is Cc1ccc(C(=O)Nc2ccc(C(C)(C)CN)cc2)o1. The van der Waals surface area contributed by atoms with Crippen LogP contribution in [0, 0.1) is 6.92 Å². The Kier molecular flexibility index (Phi) is 3.95. The first-order valence-corrected chi connectivity index (χ1v) is 6.61. The lowest BCUT2D eigenvalue weighted by atomic mass is 9.85.